The average molecular weight is 361 g/mol. The molecule has 0 spiro atoms. The Morgan fingerprint density at radius 2 is 1.84 bits per heavy atom. The fourth-order valence-corrected chi connectivity index (χ4v) is 2.92. The third kappa shape index (κ3) is 4.10. The minimum Gasteiger partial charge on any atom is -0.494 e. The average Bonchev–Trinajstić information content (AvgIpc) is 2.58. The monoisotopic (exact) mass is 361 g/mol. The van der Waals surface area contributed by atoms with Gasteiger partial charge in [0.05, 0.1) is 31.0 Å². The molecule has 0 saturated heterocycles. The summed E-state index contributed by atoms with van der Waals surface area (Å²) in [5, 5.41) is 2.36. The van der Waals surface area contributed by atoms with Gasteiger partial charge in [0.1, 0.15) is 5.82 Å². The summed E-state index contributed by atoms with van der Waals surface area (Å²) in [7, 11) is 1.41. The lowest BCUT2D eigenvalue weighted by atomic mass is 9.90. The SMILES string of the molecule is COc1ccc(-c2ccc(F)c(CO[C@H]3C[C@H](N=C=S)C3)c2)cc1F. The Hall–Kier alpha value is -2.14. The summed E-state index contributed by atoms with van der Waals surface area (Å²) in [4.78, 5) is 3.99. The molecule has 0 aromatic heterocycles. The van der Waals surface area contributed by atoms with Crippen molar-refractivity contribution in [2.24, 2.45) is 4.99 Å². The molecule has 0 aliphatic heterocycles. The first kappa shape index (κ1) is 17.7. The quantitative estimate of drug-likeness (QED) is 0.547. The van der Waals surface area contributed by atoms with Crippen LogP contribution in [0.1, 0.15) is 18.4 Å². The molecule has 1 fully saturated rings. The number of nitrogens with zero attached hydrogens (tertiary/aromatic N) is 1. The first-order valence-electron chi connectivity index (χ1n) is 7.91. The maximum Gasteiger partial charge on any atom is 0.165 e. The first-order valence-corrected chi connectivity index (χ1v) is 8.32. The zero-order chi connectivity index (χ0) is 17.8. The van der Waals surface area contributed by atoms with Gasteiger partial charge in [-0.15, -0.1) is 0 Å². The molecule has 0 N–H and O–H groups in total. The van der Waals surface area contributed by atoms with E-state index in [0.29, 0.717) is 11.1 Å². The van der Waals surface area contributed by atoms with Crippen LogP contribution in [0.4, 0.5) is 8.78 Å². The molecule has 6 heteroatoms. The number of benzene rings is 2. The lowest BCUT2D eigenvalue weighted by Crippen LogP contribution is -2.34. The number of rotatable bonds is 6. The van der Waals surface area contributed by atoms with Crippen molar-refractivity contribution in [2.75, 3.05) is 7.11 Å². The van der Waals surface area contributed by atoms with Crippen molar-refractivity contribution < 1.29 is 18.3 Å². The molecule has 1 aliphatic carbocycles. The Bertz CT molecular complexity index is 815. The molecule has 0 atom stereocenters. The zero-order valence-electron chi connectivity index (χ0n) is 13.7. The fourth-order valence-electron chi connectivity index (χ4n) is 2.77. The van der Waals surface area contributed by atoms with E-state index in [2.05, 4.69) is 22.4 Å². The van der Waals surface area contributed by atoms with Gasteiger partial charge in [0.15, 0.2) is 11.6 Å². The lowest BCUT2D eigenvalue weighted by Gasteiger charge is -2.31. The minimum absolute atomic E-state index is 0.0542. The molecular formula is C19H17F2NO2S. The van der Waals surface area contributed by atoms with Gasteiger partial charge < -0.3 is 9.47 Å². The molecule has 2 aromatic rings. The summed E-state index contributed by atoms with van der Waals surface area (Å²) in [6, 6.07) is 9.50. The summed E-state index contributed by atoms with van der Waals surface area (Å²) in [5.41, 5.74) is 1.81. The summed E-state index contributed by atoms with van der Waals surface area (Å²) in [6.45, 7) is 0.164. The number of ether oxygens (including phenoxy) is 2. The summed E-state index contributed by atoms with van der Waals surface area (Å²) < 4.78 is 38.5. The Morgan fingerprint density at radius 3 is 2.52 bits per heavy atom. The highest BCUT2D eigenvalue weighted by atomic mass is 32.1. The molecule has 3 nitrogen and oxygen atoms in total. The number of hydrogen-bond donors (Lipinski definition) is 0. The van der Waals surface area contributed by atoms with Gasteiger partial charge in [-0.3, -0.25) is 0 Å². The van der Waals surface area contributed by atoms with E-state index < -0.39 is 5.82 Å². The Labute approximate surface area is 150 Å². The highest BCUT2D eigenvalue weighted by Crippen LogP contribution is 2.29. The first-order chi connectivity index (χ1) is 12.1. The van der Waals surface area contributed by atoms with Crippen LogP contribution in [0.5, 0.6) is 5.75 Å². The van der Waals surface area contributed by atoms with Gasteiger partial charge in [-0.1, -0.05) is 12.1 Å². The molecule has 0 amide bonds. The molecule has 0 unspecified atom stereocenters. The minimum atomic E-state index is -0.457. The van der Waals surface area contributed by atoms with Gasteiger partial charge in [-0.2, -0.15) is 0 Å². The van der Waals surface area contributed by atoms with Crippen LogP contribution in [0.2, 0.25) is 0 Å². The summed E-state index contributed by atoms with van der Waals surface area (Å²) in [5.74, 6) is -0.625. The van der Waals surface area contributed by atoms with E-state index in [1.807, 2.05) is 0 Å². The normalized spacial score (nSPS) is 19.0. The number of aliphatic imine (C=N–C) groups is 1. The van der Waals surface area contributed by atoms with E-state index >= 15 is 0 Å². The molecule has 0 bridgehead atoms. The van der Waals surface area contributed by atoms with Gasteiger partial charge in [-0.25, -0.2) is 13.8 Å². The summed E-state index contributed by atoms with van der Waals surface area (Å²) in [6.07, 6.45) is 1.60. The lowest BCUT2D eigenvalue weighted by molar-refractivity contribution is -0.0192. The largest absolute Gasteiger partial charge is 0.494 e. The van der Waals surface area contributed by atoms with Crippen LogP contribution in [-0.4, -0.2) is 24.4 Å². The highest BCUT2D eigenvalue weighted by Gasteiger charge is 2.29. The van der Waals surface area contributed by atoms with Crippen LogP contribution in [-0.2, 0) is 11.3 Å². The van der Waals surface area contributed by atoms with Crippen LogP contribution in [0.25, 0.3) is 11.1 Å². The molecule has 25 heavy (non-hydrogen) atoms. The van der Waals surface area contributed by atoms with E-state index in [1.54, 1.807) is 24.3 Å². The van der Waals surface area contributed by atoms with Crippen LogP contribution >= 0.6 is 12.2 Å². The molecule has 130 valence electrons. The van der Waals surface area contributed by atoms with Crippen molar-refractivity contribution >= 4 is 17.4 Å². The van der Waals surface area contributed by atoms with E-state index in [9.17, 15) is 8.78 Å². The zero-order valence-corrected chi connectivity index (χ0v) is 14.5. The number of hydrogen-bond acceptors (Lipinski definition) is 4. The van der Waals surface area contributed by atoms with Crippen LogP contribution in [0.3, 0.4) is 0 Å². The molecular weight excluding hydrogens is 344 g/mol. The third-order valence-corrected chi connectivity index (χ3v) is 4.42. The van der Waals surface area contributed by atoms with Crippen molar-refractivity contribution in [1.29, 1.82) is 0 Å². The predicted molar refractivity (Wildman–Crippen MR) is 95.0 cm³/mol. The molecule has 3 rings (SSSR count). The van der Waals surface area contributed by atoms with Gasteiger partial charge in [-0.05, 0) is 60.5 Å². The number of isothiocyanates is 1. The molecule has 0 heterocycles. The summed E-state index contributed by atoms with van der Waals surface area (Å²) >= 11 is 4.57. The van der Waals surface area contributed by atoms with Crippen molar-refractivity contribution in [1.82, 2.24) is 0 Å². The smallest absolute Gasteiger partial charge is 0.165 e. The second-order valence-corrected chi connectivity index (χ2v) is 6.12. The second-order valence-electron chi connectivity index (χ2n) is 5.93. The van der Waals surface area contributed by atoms with Gasteiger partial charge in [0.25, 0.3) is 0 Å². The molecule has 2 aromatic carbocycles. The molecule has 1 aliphatic rings. The third-order valence-electron chi connectivity index (χ3n) is 4.31. The second kappa shape index (κ2) is 7.83. The van der Waals surface area contributed by atoms with Crippen LogP contribution in [0, 0.1) is 11.6 Å². The van der Waals surface area contributed by atoms with E-state index in [4.69, 9.17) is 9.47 Å². The maximum atomic E-state index is 14.0. The van der Waals surface area contributed by atoms with Crippen molar-refractivity contribution in [3.8, 4) is 16.9 Å². The Balaban J connectivity index is 1.70. The van der Waals surface area contributed by atoms with Crippen molar-refractivity contribution in [3.63, 3.8) is 0 Å². The Morgan fingerprint density at radius 1 is 1.12 bits per heavy atom. The van der Waals surface area contributed by atoms with E-state index in [0.717, 1.165) is 18.4 Å². The number of thiocarbonyl (C=S) groups is 1. The van der Waals surface area contributed by atoms with Gasteiger partial charge in [0, 0.05) is 5.56 Å². The van der Waals surface area contributed by atoms with Crippen molar-refractivity contribution in [2.45, 2.75) is 31.6 Å². The number of halogens is 2. The van der Waals surface area contributed by atoms with Crippen LogP contribution < -0.4 is 4.74 Å². The van der Waals surface area contributed by atoms with Crippen molar-refractivity contribution in [3.05, 3.63) is 53.6 Å². The topological polar surface area (TPSA) is 30.8 Å². The van der Waals surface area contributed by atoms with E-state index in [1.165, 1.54) is 19.2 Å². The van der Waals surface area contributed by atoms with Gasteiger partial charge in [0.2, 0.25) is 0 Å². The molecule has 1 saturated carbocycles. The maximum absolute atomic E-state index is 14.0. The van der Waals surface area contributed by atoms with E-state index in [-0.39, 0.29) is 30.3 Å². The highest BCUT2D eigenvalue weighted by molar-refractivity contribution is 7.78. The van der Waals surface area contributed by atoms with Gasteiger partial charge >= 0.3 is 0 Å². The predicted octanol–water partition coefficient (Wildman–Crippen LogP) is 4.79. The Kier molecular flexibility index (Phi) is 5.53. The number of methoxy groups -OCH3 is 1. The fraction of sp³-hybridized carbons (Fsp3) is 0.316. The molecule has 0 radical (unpaired) electrons. The van der Waals surface area contributed by atoms with Crippen LogP contribution in [0.15, 0.2) is 41.4 Å². The standard InChI is InChI=1S/C19H17F2NO2S/c1-23-19-5-3-13(7-18(19)21)12-2-4-17(20)14(6-12)10-24-16-8-15(9-16)22-11-25/h2-7,15-16H,8-10H2,1H3/t15-,16-.